The van der Waals surface area contributed by atoms with Crippen molar-refractivity contribution in [3.63, 3.8) is 0 Å². The minimum Gasteiger partial charge on any atom is -0.368 e. The van der Waals surface area contributed by atoms with Crippen molar-refractivity contribution in [2.75, 3.05) is 37.6 Å². The molecular weight excluding hydrogens is 298 g/mol. The third-order valence-electron chi connectivity index (χ3n) is 4.15. The molecule has 22 heavy (non-hydrogen) atoms. The monoisotopic (exact) mass is 323 g/mol. The topological polar surface area (TPSA) is 49.6 Å². The summed E-state index contributed by atoms with van der Waals surface area (Å²) in [5.74, 6) is 0.290. The first kappa shape index (κ1) is 17.1. The number of amides is 1. The lowest BCUT2D eigenvalue weighted by Gasteiger charge is -2.36. The molecule has 1 aromatic carbocycles. The van der Waals surface area contributed by atoms with Crippen LogP contribution in [0, 0.1) is 0 Å². The third-order valence-corrected chi connectivity index (χ3v) is 4.39. The summed E-state index contributed by atoms with van der Waals surface area (Å²) in [5.41, 5.74) is 6.61. The molecule has 0 spiro atoms. The Morgan fingerprint density at radius 2 is 1.82 bits per heavy atom. The van der Waals surface area contributed by atoms with E-state index in [1.54, 1.807) is 0 Å². The van der Waals surface area contributed by atoms with Gasteiger partial charge in [0.1, 0.15) is 0 Å². The van der Waals surface area contributed by atoms with E-state index in [2.05, 4.69) is 11.0 Å². The highest BCUT2D eigenvalue weighted by Gasteiger charge is 2.20. The fourth-order valence-electron chi connectivity index (χ4n) is 2.82. The Morgan fingerprint density at radius 1 is 1.09 bits per heavy atom. The molecule has 5 heteroatoms. The van der Waals surface area contributed by atoms with Crippen molar-refractivity contribution in [1.29, 1.82) is 0 Å². The number of halogens is 1. The fourth-order valence-corrected chi connectivity index (χ4v) is 3.00. The highest BCUT2D eigenvalue weighted by Crippen LogP contribution is 2.21. The molecule has 0 bridgehead atoms. The van der Waals surface area contributed by atoms with E-state index in [1.165, 1.54) is 0 Å². The van der Waals surface area contributed by atoms with Crippen molar-refractivity contribution in [2.24, 2.45) is 5.73 Å². The van der Waals surface area contributed by atoms with E-state index in [9.17, 15) is 4.79 Å². The Balaban J connectivity index is 1.71. The molecule has 0 aromatic heterocycles. The van der Waals surface area contributed by atoms with Crippen LogP contribution in [0.25, 0.3) is 0 Å². The van der Waals surface area contributed by atoms with Crippen molar-refractivity contribution >= 4 is 23.2 Å². The molecule has 0 atom stereocenters. The van der Waals surface area contributed by atoms with Gasteiger partial charge in [-0.05, 0) is 37.6 Å². The zero-order valence-electron chi connectivity index (χ0n) is 13.1. The summed E-state index contributed by atoms with van der Waals surface area (Å²) >= 11 is 6.04. The molecule has 1 heterocycles. The summed E-state index contributed by atoms with van der Waals surface area (Å²) in [6, 6.07) is 7.91. The van der Waals surface area contributed by atoms with Gasteiger partial charge in [0.05, 0.1) is 0 Å². The van der Waals surface area contributed by atoms with E-state index in [0.717, 1.165) is 69.1 Å². The number of benzene rings is 1. The second-order valence-electron chi connectivity index (χ2n) is 5.80. The van der Waals surface area contributed by atoms with Crippen LogP contribution >= 0.6 is 11.6 Å². The number of hydrogen-bond acceptors (Lipinski definition) is 3. The molecule has 1 aromatic rings. The maximum absolute atomic E-state index is 12.2. The van der Waals surface area contributed by atoms with Crippen LogP contribution in [0.2, 0.25) is 5.02 Å². The molecule has 1 aliphatic rings. The van der Waals surface area contributed by atoms with Crippen molar-refractivity contribution in [2.45, 2.75) is 32.1 Å². The van der Waals surface area contributed by atoms with E-state index < -0.39 is 0 Å². The van der Waals surface area contributed by atoms with Crippen LogP contribution in [0.3, 0.4) is 0 Å². The summed E-state index contributed by atoms with van der Waals surface area (Å²) in [5, 5.41) is 0.758. The van der Waals surface area contributed by atoms with Crippen LogP contribution < -0.4 is 10.6 Å². The van der Waals surface area contributed by atoms with Crippen LogP contribution in [-0.2, 0) is 4.79 Å². The molecule has 122 valence electrons. The van der Waals surface area contributed by atoms with E-state index in [-0.39, 0.29) is 0 Å². The first-order valence-corrected chi connectivity index (χ1v) is 8.57. The first-order chi connectivity index (χ1) is 10.7. The molecule has 0 unspecified atom stereocenters. The Bertz CT molecular complexity index is 473. The zero-order chi connectivity index (χ0) is 15.8. The highest BCUT2D eigenvalue weighted by molar-refractivity contribution is 6.30. The molecule has 2 N–H and O–H groups in total. The fraction of sp³-hybridized carbons (Fsp3) is 0.588. The minimum atomic E-state index is 0.290. The number of hydrogen-bond donors (Lipinski definition) is 1. The van der Waals surface area contributed by atoms with Gasteiger partial charge >= 0.3 is 0 Å². The second kappa shape index (κ2) is 9.01. The smallest absolute Gasteiger partial charge is 0.222 e. The molecule has 1 amide bonds. The number of unbranched alkanes of at least 4 members (excludes halogenated alkanes) is 3. The quantitative estimate of drug-likeness (QED) is 0.785. The lowest BCUT2D eigenvalue weighted by molar-refractivity contribution is -0.131. The Labute approximate surface area is 138 Å². The Morgan fingerprint density at radius 3 is 2.50 bits per heavy atom. The van der Waals surface area contributed by atoms with Gasteiger partial charge in [0.2, 0.25) is 5.91 Å². The third kappa shape index (κ3) is 5.18. The lowest BCUT2D eigenvalue weighted by Crippen LogP contribution is -2.48. The van der Waals surface area contributed by atoms with Crippen molar-refractivity contribution < 1.29 is 4.79 Å². The first-order valence-electron chi connectivity index (χ1n) is 8.19. The van der Waals surface area contributed by atoms with E-state index in [4.69, 9.17) is 17.3 Å². The van der Waals surface area contributed by atoms with Gasteiger partial charge in [0, 0.05) is 43.3 Å². The van der Waals surface area contributed by atoms with E-state index in [1.807, 2.05) is 23.1 Å². The van der Waals surface area contributed by atoms with Gasteiger partial charge in [0.15, 0.2) is 0 Å². The molecule has 0 aliphatic carbocycles. The van der Waals surface area contributed by atoms with Gasteiger partial charge in [-0.1, -0.05) is 30.5 Å². The van der Waals surface area contributed by atoms with E-state index in [0.29, 0.717) is 12.3 Å². The Kier molecular flexibility index (Phi) is 7.00. The van der Waals surface area contributed by atoms with Gasteiger partial charge in [-0.15, -0.1) is 0 Å². The number of piperazine rings is 1. The molecular formula is C17H26ClN3O. The molecule has 1 fully saturated rings. The summed E-state index contributed by atoms with van der Waals surface area (Å²) < 4.78 is 0. The maximum Gasteiger partial charge on any atom is 0.222 e. The van der Waals surface area contributed by atoms with Gasteiger partial charge in [0.25, 0.3) is 0 Å². The number of rotatable bonds is 7. The largest absolute Gasteiger partial charge is 0.368 e. The van der Waals surface area contributed by atoms with Crippen LogP contribution in [0.4, 0.5) is 5.69 Å². The average molecular weight is 324 g/mol. The SMILES string of the molecule is NCCCCCCC(=O)N1CCN(c2cccc(Cl)c2)CC1. The highest BCUT2D eigenvalue weighted by atomic mass is 35.5. The van der Waals surface area contributed by atoms with Crippen LogP contribution in [-0.4, -0.2) is 43.5 Å². The van der Waals surface area contributed by atoms with Crippen molar-refractivity contribution in [1.82, 2.24) is 4.90 Å². The lowest BCUT2D eigenvalue weighted by atomic mass is 10.1. The summed E-state index contributed by atoms with van der Waals surface area (Å²) in [6.45, 7) is 4.10. The summed E-state index contributed by atoms with van der Waals surface area (Å²) in [7, 11) is 0. The zero-order valence-corrected chi connectivity index (χ0v) is 13.9. The van der Waals surface area contributed by atoms with Crippen LogP contribution in [0.15, 0.2) is 24.3 Å². The van der Waals surface area contributed by atoms with Crippen molar-refractivity contribution in [3.05, 3.63) is 29.3 Å². The molecule has 1 aliphatic heterocycles. The summed E-state index contributed by atoms with van der Waals surface area (Å²) in [4.78, 5) is 16.5. The molecule has 0 radical (unpaired) electrons. The molecule has 1 saturated heterocycles. The van der Waals surface area contributed by atoms with Crippen LogP contribution in [0.5, 0.6) is 0 Å². The number of carbonyl (C=O) groups is 1. The normalized spacial score (nSPS) is 15.2. The average Bonchev–Trinajstić information content (AvgIpc) is 2.54. The standard InChI is InChI=1S/C17H26ClN3O/c18-15-6-5-7-16(14-15)20-10-12-21(13-11-20)17(22)8-3-1-2-4-9-19/h5-7,14H,1-4,8-13,19H2. The van der Waals surface area contributed by atoms with Gasteiger partial charge in [-0.2, -0.15) is 0 Å². The van der Waals surface area contributed by atoms with Gasteiger partial charge in [-0.3, -0.25) is 4.79 Å². The maximum atomic E-state index is 12.2. The number of nitrogens with zero attached hydrogens (tertiary/aromatic N) is 2. The summed E-state index contributed by atoms with van der Waals surface area (Å²) in [6.07, 6.45) is 4.94. The van der Waals surface area contributed by atoms with Crippen LogP contribution in [0.1, 0.15) is 32.1 Å². The molecule has 4 nitrogen and oxygen atoms in total. The predicted octanol–water partition coefficient (Wildman–Crippen LogP) is 2.90. The van der Waals surface area contributed by atoms with Gasteiger partial charge < -0.3 is 15.5 Å². The molecule has 2 rings (SSSR count). The minimum absolute atomic E-state index is 0.290. The van der Waals surface area contributed by atoms with Gasteiger partial charge in [-0.25, -0.2) is 0 Å². The number of nitrogens with two attached hydrogens (primary N) is 1. The Hall–Kier alpha value is -1.26. The van der Waals surface area contributed by atoms with E-state index >= 15 is 0 Å². The molecule has 0 saturated carbocycles. The van der Waals surface area contributed by atoms with Crippen molar-refractivity contribution in [3.8, 4) is 0 Å². The predicted molar refractivity (Wildman–Crippen MR) is 92.4 cm³/mol. The number of carbonyl (C=O) groups excluding carboxylic acids is 1. The number of anilines is 1. The second-order valence-corrected chi connectivity index (χ2v) is 6.24.